The number of ether oxygens (including phenoxy) is 1. The minimum atomic E-state index is -4.67. The lowest BCUT2D eigenvalue weighted by Crippen LogP contribution is -2.17. The molecule has 1 saturated carbocycles. The third-order valence-corrected chi connectivity index (χ3v) is 3.30. The molecule has 0 bridgehead atoms. The zero-order chi connectivity index (χ0) is 18.6. The van der Waals surface area contributed by atoms with Crippen molar-refractivity contribution in [3.8, 4) is 17.1 Å². The largest absolute Gasteiger partial charge is 0.493 e. The Labute approximate surface area is 143 Å². The number of aromatic nitrogens is 2. The minimum absolute atomic E-state index is 0.0285. The van der Waals surface area contributed by atoms with Crippen molar-refractivity contribution in [2.75, 3.05) is 18.1 Å². The summed E-state index contributed by atoms with van der Waals surface area (Å²) in [4.78, 5) is 18.4. The van der Waals surface area contributed by atoms with Gasteiger partial charge in [-0.25, -0.2) is 4.98 Å². The molecule has 0 unspecified atom stereocenters. The maximum atomic E-state index is 11.7. The van der Waals surface area contributed by atoms with E-state index < -0.39 is 16.0 Å². The van der Waals surface area contributed by atoms with Gasteiger partial charge in [0.1, 0.15) is 17.3 Å². The van der Waals surface area contributed by atoms with Crippen LogP contribution in [0.2, 0.25) is 0 Å². The number of H-pyrrole nitrogens is 1. The van der Waals surface area contributed by atoms with Crippen molar-refractivity contribution in [3.05, 3.63) is 34.6 Å². The lowest BCUT2D eigenvalue weighted by Gasteiger charge is -2.11. The van der Waals surface area contributed by atoms with Crippen LogP contribution >= 0.6 is 0 Å². The van der Waals surface area contributed by atoms with Crippen LogP contribution < -0.4 is 21.8 Å². The number of rotatable bonds is 4. The van der Waals surface area contributed by atoms with Gasteiger partial charge in [-0.05, 0) is 30.9 Å². The van der Waals surface area contributed by atoms with Gasteiger partial charge in [0, 0.05) is 0 Å². The summed E-state index contributed by atoms with van der Waals surface area (Å²) in [6, 6.07) is 7.41. The first kappa shape index (κ1) is 18.7. The van der Waals surface area contributed by atoms with Crippen LogP contribution in [0.5, 0.6) is 5.75 Å². The minimum Gasteiger partial charge on any atom is -0.493 e. The Kier molecular flexibility index (Phi) is 5.62. The molecule has 1 heterocycles. The fourth-order valence-corrected chi connectivity index (χ4v) is 1.91. The molecule has 1 aliphatic rings. The predicted molar refractivity (Wildman–Crippen MR) is 91.5 cm³/mol. The molecule has 2 aromatic rings. The molecule has 1 aromatic carbocycles. The Morgan fingerprint density at radius 3 is 2.40 bits per heavy atom. The van der Waals surface area contributed by atoms with Gasteiger partial charge in [-0.15, -0.1) is 0 Å². The summed E-state index contributed by atoms with van der Waals surface area (Å²) in [6.45, 7) is 0.686. The summed E-state index contributed by atoms with van der Waals surface area (Å²) < 4.78 is 37.4. The molecule has 3 rings (SSSR count). The second kappa shape index (κ2) is 7.51. The summed E-state index contributed by atoms with van der Waals surface area (Å²) in [5.41, 5.74) is 11.4. The maximum absolute atomic E-state index is 11.7. The van der Waals surface area contributed by atoms with Crippen molar-refractivity contribution in [2.45, 2.75) is 12.8 Å². The highest BCUT2D eigenvalue weighted by Crippen LogP contribution is 2.32. The summed E-state index contributed by atoms with van der Waals surface area (Å²) >= 11 is 0. The highest BCUT2D eigenvalue weighted by molar-refractivity contribution is 7.79. The Bertz CT molecular complexity index is 900. The van der Waals surface area contributed by atoms with Crippen molar-refractivity contribution in [1.82, 2.24) is 9.97 Å². The van der Waals surface area contributed by atoms with Crippen LogP contribution in [0.3, 0.4) is 0 Å². The average molecular weight is 370 g/mol. The van der Waals surface area contributed by atoms with Gasteiger partial charge in [0.05, 0.1) is 12.2 Å². The number of nitrogens with zero attached hydrogens (tertiary/aromatic N) is 1. The highest BCUT2D eigenvalue weighted by Gasteiger charge is 2.22. The molecule has 11 heteroatoms. The van der Waals surface area contributed by atoms with Gasteiger partial charge in [-0.1, -0.05) is 12.1 Å². The molecule has 1 aliphatic carbocycles. The molecule has 0 saturated heterocycles. The van der Waals surface area contributed by atoms with E-state index in [2.05, 4.69) is 9.97 Å². The van der Waals surface area contributed by atoms with Crippen LogP contribution in [-0.2, 0) is 10.4 Å². The lowest BCUT2D eigenvalue weighted by molar-refractivity contribution is 0.301. The van der Waals surface area contributed by atoms with Gasteiger partial charge in [-0.2, -0.15) is 8.42 Å². The number of hydrogen-bond donors (Lipinski definition) is 5. The molecule has 136 valence electrons. The molecule has 7 N–H and O–H groups in total. The second-order valence-corrected chi connectivity index (χ2v) is 6.31. The van der Waals surface area contributed by atoms with E-state index in [-0.39, 0.29) is 11.5 Å². The first-order valence-corrected chi connectivity index (χ1v) is 8.62. The topological polar surface area (TPSA) is 182 Å². The molecule has 1 fully saturated rings. The Morgan fingerprint density at radius 1 is 1.24 bits per heavy atom. The van der Waals surface area contributed by atoms with Crippen molar-refractivity contribution in [1.29, 1.82) is 0 Å². The van der Waals surface area contributed by atoms with Gasteiger partial charge in [-0.3, -0.25) is 13.9 Å². The van der Waals surface area contributed by atoms with E-state index in [4.69, 9.17) is 33.7 Å². The Hall–Kier alpha value is -2.63. The van der Waals surface area contributed by atoms with Crippen molar-refractivity contribution < 1.29 is 22.3 Å². The molecular formula is C14H18N4O6S. The van der Waals surface area contributed by atoms with E-state index in [1.165, 1.54) is 12.8 Å². The van der Waals surface area contributed by atoms with Gasteiger partial charge < -0.3 is 21.2 Å². The standard InChI is InChI=1S/C14H16N4O2.H2O4S/c15-11-12(16)17-13(18-14(11)19)9-3-1-2-4-10(9)20-7-8-5-6-8;1-5(2,3)4/h1-4,8H,5-7,15H2,(H3,16,17,18,19);(H2,1,2,3,4). The van der Waals surface area contributed by atoms with E-state index in [0.717, 1.165) is 0 Å². The number of nitrogens with two attached hydrogens (primary N) is 2. The third kappa shape index (κ3) is 6.06. The normalized spacial score (nSPS) is 13.7. The Balaban J connectivity index is 0.000000399. The predicted octanol–water partition coefficient (Wildman–Crippen LogP) is 0.737. The molecule has 1 aromatic heterocycles. The van der Waals surface area contributed by atoms with Gasteiger partial charge >= 0.3 is 10.4 Å². The molecular weight excluding hydrogens is 352 g/mol. The van der Waals surface area contributed by atoms with E-state index in [1.807, 2.05) is 24.3 Å². The zero-order valence-corrected chi connectivity index (χ0v) is 13.9. The molecule has 0 atom stereocenters. The smallest absolute Gasteiger partial charge is 0.394 e. The van der Waals surface area contributed by atoms with Crippen LogP contribution in [0, 0.1) is 5.92 Å². The lowest BCUT2D eigenvalue weighted by atomic mass is 10.2. The number of anilines is 2. The van der Waals surface area contributed by atoms with E-state index in [1.54, 1.807) is 0 Å². The maximum Gasteiger partial charge on any atom is 0.394 e. The quantitative estimate of drug-likeness (QED) is 0.484. The fraction of sp³-hybridized carbons (Fsp3) is 0.286. The number of hydrogen-bond acceptors (Lipinski definition) is 7. The van der Waals surface area contributed by atoms with Crippen molar-refractivity contribution in [2.24, 2.45) is 5.92 Å². The monoisotopic (exact) mass is 370 g/mol. The van der Waals surface area contributed by atoms with Crippen molar-refractivity contribution >= 4 is 21.9 Å². The zero-order valence-electron chi connectivity index (χ0n) is 13.0. The average Bonchev–Trinajstić information content (AvgIpc) is 3.33. The van der Waals surface area contributed by atoms with Crippen molar-refractivity contribution in [3.63, 3.8) is 0 Å². The number of nitrogen functional groups attached to an aromatic ring is 2. The fourth-order valence-electron chi connectivity index (χ4n) is 1.91. The number of nitrogens with one attached hydrogen (secondary N) is 1. The van der Waals surface area contributed by atoms with Crippen LogP contribution in [0.25, 0.3) is 11.4 Å². The van der Waals surface area contributed by atoms with E-state index >= 15 is 0 Å². The molecule has 0 radical (unpaired) electrons. The molecule has 10 nitrogen and oxygen atoms in total. The van der Waals surface area contributed by atoms with Gasteiger partial charge in [0.2, 0.25) is 0 Å². The van der Waals surface area contributed by atoms with Gasteiger partial charge in [0.15, 0.2) is 5.82 Å². The molecule has 0 spiro atoms. The summed E-state index contributed by atoms with van der Waals surface area (Å²) in [6.07, 6.45) is 2.43. The summed E-state index contributed by atoms with van der Waals surface area (Å²) in [5.74, 6) is 1.73. The second-order valence-electron chi connectivity index (χ2n) is 5.41. The number of aromatic amines is 1. The molecule has 25 heavy (non-hydrogen) atoms. The SMILES string of the molecule is Nc1nc(-c2ccccc2OCC2CC2)[nH]c(=O)c1N.O=S(=O)(O)O. The van der Waals surface area contributed by atoms with Crippen LogP contribution in [0.1, 0.15) is 12.8 Å². The molecule has 0 aliphatic heterocycles. The summed E-state index contributed by atoms with van der Waals surface area (Å²) in [7, 11) is -4.67. The van der Waals surface area contributed by atoms with E-state index in [0.29, 0.717) is 29.7 Å². The highest BCUT2D eigenvalue weighted by atomic mass is 32.3. The van der Waals surface area contributed by atoms with Crippen LogP contribution in [0.4, 0.5) is 11.5 Å². The molecule has 0 amide bonds. The van der Waals surface area contributed by atoms with Crippen LogP contribution in [0.15, 0.2) is 29.1 Å². The third-order valence-electron chi connectivity index (χ3n) is 3.30. The number of para-hydroxylation sites is 1. The summed E-state index contributed by atoms with van der Waals surface area (Å²) in [5, 5.41) is 0. The van der Waals surface area contributed by atoms with Crippen LogP contribution in [-0.4, -0.2) is 34.1 Å². The van der Waals surface area contributed by atoms with E-state index in [9.17, 15) is 4.79 Å². The Morgan fingerprint density at radius 2 is 1.84 bits per heavy atom. The number of benzene rings is 1. The first-order chi connectivity index (χ1) is 11.6. The first-order valence-electron chi connectivity index (χ1n) is 7.22. The van der Waals surface area contributed by atoms with Gasteiger partial charge in [0.25, 0.3) is 5.56 Å².